The highest BCUT2D eigenvalue weighted by molar-refractivity contribution is 5.86. The van der Waals surface area contributed by atoms with E-state index in [0.717, 1.165) is 5.56 Å². The van der Waals surface area contributed by atoms with Crippen LogP contribution in [0.5, 0.6) is 0 Å². The number of imidazole rings is 1. The number of benzene rings is 1. The Labute approximate surface area is 90.8 Å². The third-order valence-electron chi connectivity index (χ3n) is 2.24. The molecule has 16 heavy (non-hydrogen) atoms. The molecule has 0 atom stereocenters. The van der Waals surface area contributed by atoms with Gasteiger partial charge >= 0.3 is 11.7 Å². The monoisotopic (exact) mass is 218 g/mol. The van der Waals surface area contributed by atoms with Crippen molar-refractivity contribution in [1.29, 1.82) is 0 Å². The summed E-state index contributed by atoms with van der Waals surface area (Å²) in [6, 6.07) is 9.34. The van der Waals surface area contributed by atoms with Crippen LogP contribution in [0.3, 0.4) is 0 Å². The molecule has 0 bridgehead atoms. The first-order chi connectivity index (χ1) is 7.66. The highest BCUT2D eigenvalue weighted by atomic mass is 16.4. The second-order valence-electron chi connectivity index (χ2n) is 3.40. The fraction of sp³-hybridized carbons (Fsp3) is 0.0909. The fourth-order valence-corrected chi connectivity index (χ4v) is 1.53. The molecule has 0 saturated heterocycles. The van der Waals surface area contributed by atoms with Gasteiger partial charge in [0, 0.05) is 6.42 Å². The van der Waals surface area contributed by atoms with E-state index in [9.17, 15) is 9.59 Å². The first-order valence-electron chi connectivity index (χ1n) is 4.75. The summed E-state index contributed by atoms with van der Waals surface area (Å²) in [5, 5.41) is 8.87. The number of aromatic carboxylic acids is 1. The second kappa shape index (κ2) is 4.06. The number of carbonyl (C=O) groups is 1. The molecule has 0 radical (unpaired) electrons. The van der Waals surface area contributed by atoms with E-state index in [1.54, 1.807) is 0 Å². The summed E-state index contributed by atoms with van der Waals surface area (Å²) in [4.78, 5) is 26.6. The summed E-state index contributed by atoms with van der Waals surface area (Å²) in [5.41, 5.74) is 0.765. The minimum atomic E-state index is -1.13. The van der Waals surface area contributed by atoms with Crippen LogP contribution >= 0.6 is 0 Å². The molecule has 1 heterocycles. The van der Waals surface area contributed by atoms with E-state index < -0.39 is 11.7 Å². The number of nitrogens with one attached hydrogen (secondary N) is 2. The van der Waals surface area contributed by atoms with Crippen LogP contribution in [-0.4, -0.2) is 21.0 Å². The molecular weight excluding hydrogens is 208 g/mol. The van der Waals surface area contributed by atoms with Crippen molar-refractivity contribution in [2.24, 2.45) is 0 Å². The highest BCUT2D eigenvalue weighted by Gasteiger charge is 2.13. The van der Waals surface area contributed by atoms with E-state index in [4.69, 9.17) is 5.11 Å². The minimum Gasteiger partial charge on any atom is -0.477 e. The Morgan fingerprint density at radius 3 is 2.50 bits per heavy atom. The van der Waals surface area contributed by atoms with Gasteiger partial charge in [-0.15, -0.1) is 0 Å². The molecular formula is C11H10N2O3. The molecule has 0 aliphatic heterocycles. The number of hydrogen-bond acceptors (Lipinski definition) is 2. The van der Waals surface area contributed by atoms with Crippen molar-refractivity contribution in [3.63, 3.8) is 0 Å². The van der Waals surface area contributed by atoms with Crippen molar-refractivity contribution in [2.45, 2.75) is 6.42 Å². The lowest BCUT2D eigenvalue weighted by atomic mass is 10.1. The molecule has 5 nitrogen and oxygen atoms in total. The van der Waals surface area contributed by atoms with Crippen LogP contribution in [0, 0.1) is 0 Å². The van der Waals surface area contributed by atoms with Gasteiger partial charge in [0.2, 0.25) is 0 Å². The number of rotatable bonds is 3. The quantitative estimate of drug-likeness (QED) is 0.718. The Hall–Kier alpha value is -2.30. The molecule has 82 valence electrons. The van der Waals surface area contributed by atoms with Gasteiger partial charge in [-0.3, -0.25) is 4.98 Å². The van der Waals surface area contributed by atoms with E-state index >= 15 is 0 Å². The molecule has 1 aromatic heterocycles. The Morgan fingerprint density at radius 2 is 1.88 bits per heavy atom. The number of aromatic nitrogens is 2. The van der Waals surface area contributed by atoms with Crippen LogP contribution in [-0.2, 0) is 6.42 Å². The van der Waals surface area contributed by atoms with Crippen LogP contribution in [0.4, 0.5) is 0 Å². The van der Waals surface area contributed by atoms with Crippen molar-refractivity contribution in [2.75, 3.05) is 0 Å². The smallest absolute Gasteiger partial charge is 0.354 e. The lowest BCUT2D eigenvalue weighted by Gasteiger charge is -1.99. The first kappa shape index (κ1) is 10.2. The van der Waals surface area contributed by atoms with Gasteiger partial charge in [0.05, 0.1) is 5.69 Å². The van der Waals surface area contributed by atoms with Gasteiger partial charge in [-0.05, 0) is 5.56 Å². The van der Waals surface area contributed by atoms with Crippen LogP contribution in [0.1, 0.15) is 21.7 Å². The summed E-state index contributed by atoms with van der Waals surface area (Å²) in [6.45, 7) is 0. The summed E-state index contributed by atoms with van der Waals surface area (Å²) < 4.78 is 0. The zero-order valence-electron chi connectivity index (χ0n) is 8.36. The first-order valence-corrected chi connectivity index (χ1v) is 4.75. The molecule has 0 amide bonds. The Morgan fingerprint density at radius 1 is 1.19 bits per heavy atom. The molecule has 1 aromatic carbocycles. The standard InChI is InChI=1S/C11H10N2O3/c14-10(15)9-8(12-11(16)13-9)6-7-4-2-1-3-5-7/h1-5H,6H2,(H,14,15)(H2,12,13,16). The van der Waals surface area contributed by atoms with Gasteiger partial charge in [-0.1, -0.05) is 30.3 Å². The normalized spacial score (nSPS) is 10.2. The van der Waals surface area contributed by atoms with Gasteiger partial charge in [0.25, 0.3) is 0 Å². The highest BCUT2D eigenvalue weighted by Crippen LogP contribution is 2.08. The Bertz CT molecular complexity index is 554. The van der Waals surface area contributed by atoms with Crippen molar-refractivity contribution in [1.82, 2.24) is 9.97 Å². The SMILES string of the molecule is O=C(O)c1[nH]c(=O)[nH]c1Cc1ccccc1. The van der Waals surface area contributed by atoms with Crippen molar-refractivity contribution in [3.8, 4) is 0 Å². The Kier molecular flexibility index (Phi) is 2.59. The topological polar surface area (TPSA) is 85.9 Å². The average Bonchev–Trinajstić information content (AvgIpc) is 2.61. The van der Waals surface area contributed by atoms with Crippen LogP contribution in [0.15, 0.2) is 35.1 Å². The van der Waals surface area contributed by atoms with Crippen molar-refractivity contribution < 1.29 is 9.90 Å². The fourth-order valence-electron chi connectivity index (χ4n) is 1.53. The third kappa shape index (κ3) is 2.03. The predicted molar refractivity (Wildman–Crippen MR) is 57.6 cm³/mol. The number of hydrogen-bond donors (Lipinski definition) is 3. The summed E-state index contributed by atoms with van der Waals surface area (Å²) >= 11 is 0. The second-order valence-corrected chi connectivity index (χ2v) is 3.40. The van der Waals surface area contributed by atoms with Crippen LogP contribution < -0.4 is 5.69 Å². The van der Waals surface area contributed by atoms with Gasteiger partial charge in [0.15, 0.2) is 0 Å². The number of carboxylic acids is 1. The van der Waals surface area contributed by atoms with Gasteiger partial charge in [-0.25, -0.2) is 9.59 Å². The van der Waals surface area contributed by atoms with E-state index in [0.29, 0.717) is 12.1 Å². The maximum Gasteiger partial charge on any atom is 0.354 e. The molecule has 0 spiro atoms. The third-order valence-corrected chi connectivity index (χ3v) is 2.24. The van der Waals surface area contributed by atoms with Crippen LogP contribution in [0.2, 0.25) is 0 Å². The van der Waals surface area contributed by atoms with Crippen LogP contribution in [0.25, 0.3) is 0 Å². The molecule has 2 aromatic rings. The van der Waals surface area contributed by atoms with E-state index in [1.807, 2.05) is 30.3 Å². The molecule has 5 heteroatoms. The van der Waals surface area contributed by atoms with Gasteiger partial charge < -0.3 is 10.1 Å². The Balaban J connectivity index is 2.35. The van der Waals surface area contributed by atoms with Crippen molar-refractivity contribution in [3.05, 3.63) is 57.8 Å². The number of H-pyrrole nitrogens is 2. The zero-order valence-corrected chi connectivity index (χ0v) is 8.36. The summed E-state index contributed by atoms with van der Waals surface area (Å²) in [6.07, 6.45) is 0.390. The minimum absolute atomic E-state index is 0.0751. The van der Waals surface area contributed by atoms with E-state index in [-0.39, 0.29) is 5.69 Å². The summed E-state index contributed by atoms with van der Waals surface area (Å²) in [7, 11) is 0. The lowest BCUT2D eigenvalue weighted by molar-refractivity contribution is 0.0690. The van der Waals surface area contributed by atoms with Gasteiger partial charge in [-0.2, -0.15) is 0 Å². The molecule has 3 N–H and O–H groups in total. The molecule has 0 fully saturated rings. The molecule has 0 aliphatic carbocycles. The number of aromatic amines is 2. The predicted octanol–water partition coefficient (Wildman–Crippen LogP) is 0.992. The van der Waals surface area contributed by atoms with E-state index in [1.165, 1.54) is 0 Å². The zero-order chi connectivity index (χ0) is 11.5. The lowest BCUT2D eigenvalue weighted by Crippen LogP contribution is -2.04. The molecule has 2 rings (SSSR count). The average molecular weight is 218 g/mol. The molecule has 0 saturated carbocycles. The summed E-state index contributed by atoms with van der Waals surface area (Å²) in [5.74, 6) is -1.13. The maximum absolute atomic E-state index is 11.0. The van der Waals surface area contributed by atoms with E-state index in [2.05, 4.69) is 9.97 Å². The molecule has 0 unspecified atom stereocenters. The number of carboxylic acid groups (broad SMARTS) is 1. The van der Waals surface area contributed by atoms with Crippen molar-refractivity contribution >= 4 is 5.97 Å². The molecule has 0 aliphatic rings. The van der Waals surface area contributed by atoms with Gasteiger partial charge in [0.1, 0.15) is 5.69 Å². The maximum atomic E-state index is 11.0. The largest absolute Gasteiger partial charge is 0.477 e.